The molecule has 0 saturated heterocycles. The van der Waals surface area contributed by atoms with Crippen molar-refractivity contribution in [1.82, 2.24) is 5.32 Å². The second-order valence-electron chi connectivity index (χ2n) is 7.54. The van der Waals surface area contributed by atoms with E-state index in [1.54, 1.807) is 0 Å². The van der Waals surface area contributed by atoms with E-state index in [0.717, 1.165) is 6.42 Å². The minimum Gasteiger partial charge on any atom is -0.375 e. The predicted octanol–water partition coefficient (Wildman–Crippen LogP) is 4.16. The Morgan fingerprint density at radius 2 is 1.75 bits per heavy atom. The summed E-state index contributed by atoms with van der Waals surface area (Å²) in [7, 11) is 0. The summed E-state index contributed by atoms with van der Waals surface area (Å²) >= 11 is 0. The second kappa shape index (κ2) is 8.66. The van der Waals surface area contributed by atoms with Gasteiger partial charge in [0.1, 0.15) is 0 Å². The topological polar surface area (TPSA) is 38.3 Å². The molecule has 0 spiro atoms. The predicted molar refractivity (Wildman–Crippen MR) is 85.8 cm³/mol. The summed E-state index contributed by atoms with van der Waals surface area (Å²) in [5, 5.41) is 2.99. The van der Waals surface area contributed by atoms with Crippen LogP contribution in [0.2, 0.25) is 0 Å². The molecule has 0 rings (SSSR count). The first-order chi connectivity index (χ1) is 9.09. The van der Waals surface area contributed by atoms with Crippen LogP contribution in [0.5, 0.6) is 0 Å². The third-order valence-corrected chi connectivity index (χ3v) is 3.50. The average molecular weight is 285 g/mol. The van der Waals surface area contributed by atoms with Crippen LogP contribution in [0.1, 0.15) is 74.1 Å². The number of hydrogen-bond acceptors (Lipinski definition) is 2. The fraction of sp³-hybridized carbons (Fsp3) is 0.941. The van der Waals surface area contributed by atoms with Gasteiger partial charge in [0.05, 0.1) is 12.2 Å². The molecule has 0 saturated carbocycles. The smallest absolute Gasteiger partial charge is 0.222 e. The number of ether oxygens (including phenoxy) is 1. The monoisotopic (exact) mass is 285 g/mol. The Bertz CT molecular complexity index is 283. The van der Waals surface area contributed by atoms with Gasteiger partial charge < -0.3 is 10.1 Å². The van der Waals surface area contributed by atoms with Crippen LogP contribution in [0.4, 0.5) is 0 Å². The minimum atomic E-state index is -0.0749. The van der Waals surface area contributed by atoms with E-state index >= 15 is 0 Å². The molecule has 0 heterocycles. The zero-order valence-electron chi connectivity index (χ0n) is 14.6. The number of rotatable bonds is 10. The summed E-state index contributed by atoms with van der Waals surface area (Å²) in [6, 6.07) is 0. The van der Waals surface area contributed by atoms with Gasteiger partial charge >= 0.3 is 0 Å². The maximum atomic E-state index is 11.6. The highest BCUT2D eigenvalue weighted by Gasteiger charge is 2.25. The molecule has 0 aromatic carbocycles. The second-order valence-corrected chi connectivity index (χ2v) is 7.54. The van der Waals surface area contributed by atoms with Gasteiger partial charge in [-0.15, -0.1) is 0 Å². The van der Waals surface area contributed by atoms with Crippen molar-refractivity contribution < 1.29 is 9.53 Å². The quantitative estimate of drug-likeness (QED) is 0.612. The number of carbonyl (C=O) groups excluding carboxylic acids is 1. The molecular weight excluding hydrogens is 250 g/mol. The third-order valence-electron chi connectivity index (χ3n) is 3.50. The molecule has 3 heteroatoms. The normalized spacial score (nSPS) is 12.8. The fourth-order valence-electron chi connectivity index (χ4n) is 1.85. The molecule has 0 aromatic heterocycles. The van der Waals surface area contributed by atoms with E-state index in [2.05, 4.69) is 39.9 Å². The van der Waals surface area contributed by atoms with E-state index in [-0.39, 0.29) is 22.8 Å². The van der Waals surface area contributed by atoms with Crippen molar-refractivity contribution >= 4 is 5.91 Å². The van der Waals surface area contributed by atoms with E-state index in [0.29, 0.717) is 13.2 Å². The molecule has 20 heavy (non-hydrogen) atoms. The SMILES string of the molecule is CCCCCC(C)(C)OCC(C)(C)CNC(=O)C(C)C. The van der Waals surface area contributed by atoms with Crippen molar-refractivity contribution in [2.45, 2.75) is 79.8 Å². The molecule has 0 aliphatic rings. The molecule has 1 N–H and O–H groups in total. The first-order valence-electron chi connectivity index (χ1n) is 8.01. The molecule has 1 amide bonds. The van der Waals surface area contributed by atoms with Crippen molar-refractivity contribution in [3.05, 3.63) is 0 Å². The Balaban J connectivity index is 4.09. The number of carbonyl (C=O) groups is 1. The van der Waals surface area contributed by atoms with Gasteiger partial charge in [-0.1, -0.05) is 53.9 Å². The maximum absolute atomic E-state index is 11.6. The summed E-state index contributed by atoms with van der Waals surface area (Å²) in [5.74, 6) is 0.150. The van der Waals surface area contributed by atoms with E-state index in [4.69, 9.17) is 4.74 Å². The molecule has 0 aromatic rings. The standard InChI is InChI=1S/C17H35NO2/c1-8-9-10-11-17(6,7)20-13-16(4,5)12-18-15(19)14(2)3/h14H,8-13H2,1-7H3,(H,18,19). The van der Waals surface area contributed by atoms with Crippen molar-refractivity contribution in [3.8, 4) is 0 Å². The van der Waals surface area contributed by atoms with Crippen molar-refractivity contribution in [1.29, 1.82) is 0 Å². The molecule has 3 nitrogen and oxygen atoms in total. The number of hydrogen-bond donors (Lipinski definition) is 1. The van der Waals surface area contributed by atoms with Crippen LogP contribution in [0.25, 0.3) is 0 Å². The van der Waals surface area contributed by atoms with Crippen LogP contribution in [0.3, 0.4) is 0 Å². The molecule has 0 fully saturated rings. The largest absolute Gasteiger partial charge is 0.375 e. The molecule has 0 aliphatic heterocycles. The highest BCUT2D eigenvalue weighted by molar-refractivity contribution is 5.77. The van der Waals surface area contributed by atoms with Gasteiger partial charge in [-0.3, -0.25) is 4.79 Å². The molecule has 0 unspecified atom stereocenters. The first-order valence-corrected chi connectivity index (χ1v) is 8.01. The fourth-order valence-corrected chi connectivity index (χ4v) is 1.85. The Kier molecular flexibility index (Phi) is 8.41. The lowest BCUT2D eigenvalue weighted by Crippen LogP contribution is -2.40. The van der Waals surface area contributed by atoms with Crippen LogP contribution in [0, 0.1) is 11.3 Å². The van der Waals surface area contributed by atoms with Gasteiger partial charge in [0.2, 0.25) is 5.91 Å². The number of nitrogens with one attached hydrogen (secondary N) is 1. The van der Waals surface area contributed by atoms with Crippen LogP contribution in [-0.2, 0) is 9.53 Å². The van der Waals surface area contributed by atoms with Crippen LogP contribution in [0.15, 0.2) is 0 Å². The Hall–Kier alpha value is -0.570. The van der Waals surface area contributed by atoms with Crippen molar-refractivity contribution in [2.24, 2.45) is 11.3 Å². The first kappa shape index (κ1) is 19.4. The lowest BCUT2D eigenvalue weighted by atomic mass is 9.93. The van der Waals surface area contributed by atoms with E-state index in [1.807, 2.05) is 13.8 Å². The summed E-state index contributed by atoms with van der Waals surface area (Å²) in [5.41, 5.74) is -0.110. The van der Waals surface area contributed by atoms with Crippen molar-refractivity contribution in [3.63, 3.8) is 0 Å². The maximum Gasteiger partial charge on any atom is 0.222 e. The van der Waals surface area contributed by atoms with Gasteiger partial charge in [-0.2, -0.15) is 0 Å². The summed E-state index contributed by atoms with van der Waals surface area (Å²) in [4.78, 5) is 11.6. The van der Waals surface area contributed by atoms with E-state index < -0.39 is 0 Å². The van der Waals surface area contributed by atoms with Gasteiger partial charge in [0.15, 0.2) is 0 Å². The van der Waals surface area contributed by atoms with Crippen LogP contribution in [-0.4, -0.2) is 24.7 Å². The van der Waals surface area contributed by atoms with Crippen molar-refractivity contribution in [2.75, 3.05) is 13.2 Å². The Morgan fingerprint density at radius 3 is 2.25 bits per heavy atom. The average Bonchev–Trinajstić information content (AvgIpc) is 2.34. The van der Waals surface area contributed by atoms with Crippen LogP contribution < -0.4 is 5.32 Å². The molecule has 0 radical (unpaired) electrons. The lowest BCUT2D eigenvalue weighted by Gasteiger charge is -2.32. The molecule has 0 bridgehead atoms. The zero-order chi connectivity index (χ0) is 15.8. The van der Waals surface area contributed by atoms with E-state index in [1.165, 1.54) is 19.3 Å². The zero-order valence-corrected chi connectivity index (χ0v) is 14.6. The molecule has 0 atom stereocenters. The van der Waals surface area contributed by atoms with Gasteiger partial charge in [-0.25, -0.2) is 0 Å². The minimum absolute atomic E-state index is 0.0351. The highest BCUT2D eigenvalue weighted by Crippen LogP contribution is 2.23. The number of amides is 1. The van der Waals surface area contributed by atoms with Gasteiger partial charge in [-0.05, 0) is 20.3 Å². The lowest BCUT2D eigenvalue weighted by molar-refractivity contribution is -0.125. The Morgan fingerprint density at radius 1 is 1.15 bits per heavy atom. The third kappa shape index (κ3) is 9.35. The highest BCUT2D eigenvalue weighted by atomic mass is 16.5. The summed E-state index contributed by atoms with van der Waals surface area (Å²) < 4.78 is 6.08. The summed E-state index contributed by atoms with van der Waals surface area (Å²) in [6.07, 6.45) is 4.81. The van der Waals surface area contributed by atoms with Gasteiger partial charge in [0, 0.05) is 17.9 Å². The molecule has 0 aliphatic carbocycles. The number of unbranched alkanes of at least 4 members (excludes halogenated alkanes) is 2. The van der Waals surface area contributed by atoms with Gasteiger partial charge in [0.25, 0.3) is 0 Å². The van der Waals surface area contributed by atoms with E-state index in [9.17, 15) is 4.79 Å². The molecule has 120 valence electrons. The molecular formula is C17H35NO2. The summed E-state index contributed by atoms with van der Waals surface area (Å²) in [6.45, 7) is 16.0. The van der Waals surface area contributed by atoms with Crippen LogP contribution >= 0.6 is 0 Å². The Labute approximate surface area is 125 Å².